The summed E-state index contributed by atoms with van der Waals surface area (Å²) < 4.78 is 0. The summed E-state index contributed by atoms with van der Waals surface area (Å²) in [5.74, 6) is 0.834. The van der Waals surface area contributed by atoms with Crippen molar-refractivity contribution in [2.24, 2.45) is 0 Å². The van der Waals surface area contributed by atoms with Crippen LogP contribution in [0, 0.1) is 6.92 Å². The maximum absolute atomic E-state index is 12.1. The Labute approximate surface area is 116 Å². The van der Waals surface area contributed by atoms with E-state index in [4.69, 9.17) is 0 Å². The number of aromatic nitrogens is 1. The molecule has 1 fully saturated rings. The van der Waals surface area contributed by atoms with Crippen molar-refractivity contribution in [3.8, 4) is 0 Å². The van der Waals surface area contributed by atoms with Crippen molar-refractivity contribution in [3.05, 3.63) is 23.9 Å². The number of amides is 1. The van der Waals surface area contributed by atoms with Gasteiger partial charge in [-0.3, -0.25) is 4.79 Å². The minimum Gasteiger partial charge on any atom is -0.273 e. The van der Waals surface area contributed by atoms with Gasteiger partial charge in [-0.15, -0.1) is 0 Å². The predicted octanol–water partition coefficient (Wildman–Crippen LogP) is 3.17. The lowest BCUT2D eigenvalue weighted by atomic mass is 10.0. The summed E-state index contributed by atoms with van der Waals surface area (Å²) in [6.07, 6.45) is 2.33. The number of carbonyl (C=O) groups excluding carboxylic acids is 1. The van der Waals surface area contributed by atoms with E-state index in [0.29, 0.717) is 12.2 Å². The van der Waals surface area contributed by atoms with Gasteiger partial charge in [-0.2, -0.15) is 0 Å². The first-order valence-electron chi connectivity index (χ1n) is 6.99. The molecule has 1 aliphatic heterocycles. The van der Waals surface area contributed by atoms with E-state index in [1.807, 2.05) is 32.9 Å². The molecule has 106 valence electrons. The lowest BCUT2D eigenvalue weighted by Crippen LogP contribution is -2.47. The smallest absolute Gasteiger partial charge is 0.244 e. The number of rotatable bonds is 2. The minimum atomic E-state index is -0.127. The number of hydrazine groups is 1. The minimum absolute atomic E-state index is 0.119. The van der Waals surface area contributed by atoms with Gasteiger partial charge in [0.05, 0.1) is 0 Å². The zero-order valence-corrected chi connectivity index (χ0v) is 12.9. The molecule has 0 spiro atoms. The van der Waals surface area contributed by atoms with Gasteiger partial charge in [-0.05, 0) is 32.4 Å². The Bertz CT molecular complexity index is 426. The first kappa shape index (κ1) is 15.6. The SMILES string of the molecule is CC.CCN1N(c2ccc(C)cn2)C(=O)CC1(C)C. The molecule has 0 atom stereocenters. The van der Waals surface area contributed by atoms with Gasteiger partial charge in [0.25, 0.3) is 0 Å². The molecule has 0 radical (unpaired) electrons. The third-order valence-corrected chi connectivity index (χ3v) is 3.17. The summed E-state index contributed by atoms with van der Waals surface area (Å²) in [5, 5.41) is 3.78. The number of hydrogen-bond donors (Lipinski definition) is 0. The molecular weight excluding hydrogens is 238 g/mol. The average Bonchev–Trinajstić information content (AvgIpc) is 2.61. The average molecular weight is 263 g/mol. The van der Waals surface area contributed by atoms with E-state index in [-0.39, 0.29) is 11.4 Å². The summed E-state index contributed by atoms with van der Waals surface area (Å²) in [5.41, 5.74) is 0.973. The van der Waals surface area contributed by atoms with Crippen molar-refractivity contribution < 1.29 is 4.79 Å². The van der Waals surface area contributed by atoms with Gasteiger partial charge in [-0.25, -0.2) is 15.0 Å². The van der Waals surface area contributed by atoms with Crippen molar-refractivity contribution in [2.45, 2.75) is 53.5 Å². The fourth-order valence-corrected chi connectivity index (χ4v) is 2.35. The van der Waals surface area contributed by atoms with E-state index < -0.39 is 0 Å². The second kappa shape index (κ2) is 6.15. The van der Waals surface area contributed by atoms with E-state index in [9.17, 15) is 4.79 Å². The van der Waals surface area contributed by atoms with E-state index in [2.05, 4.69) is 30.8 Å². The van der Waals surface area contributed by atoms with Crippen LogP contribution in [-0.2, 0) is 4.79 Å². The van der Waals surface area contributed by atoms with Crippen LogP contribution in [0.25, 0.3) is 0 Å². The Morgan fingerprint density at radius 1 is 1.32 bits per heavy atom. The summed E-state index contributed by atoms with van der Waals surface area (Å²) >= 11 is 0. The zero-order chi connectivity index (χ0) is 14.6. The maximum atomic E-state index is 12.1. The Kier molecular flexibility index (Phi) is 5.06. The highest BCUT2D eigenvalue weighted by molar-refractivity contribution is 5.94. The highest BCUT2D eigenvalue weighted by atomic mass is 16.2. The molecule has 1 saturated heterocycles. The largest absolute Gasteiger partial charge is 0.273 e. The quantitative estimate of drug-likeness (QED) is 0.822. The lowest BCUT2D eigenvalue weighted by Gasteiger charge is -2.34. The first-order valence-corrected chi connectivity index (χ1v) is 6.99. The molecule has 19 heavy (non-hydrogen) atoms. The van der Waals surface area contributed by atoms with Crippen LogP contribution < -0.4 is 5.01 Å². The van der Waals surface area contributed by atoms with E-state index in [1.165, 1.54) is 0 Å². The van der Waals surface area contributed by atoms with E-state index in [1.54, 1.807) is 11.2 Å². The Morgan fingerprint density at radius 2 is 1.95 bits per heavy atom. The summed E-state index contributed by atoms with van der Waals surface area (Å²) in [4.78, 5) is 16.4. The van der Waals surface area contributed by atoms with Gasteiger partial charge in [0.15, 0.2) is 0 Å². The molecule has 0 unspecified atom stereocenters. The monoisotopic (exact) mass is 263 g/mol. The number of anilines is 1. The fraction of sp³-hybridized carbons (Fsp3) is 0.600. The molecule has 2 heterocycles. The molecular formula is C15H25N3O. The Morgan fingerprint density at radius 3 is 2.42 bits per heavy atom. The predicted molar refractivity (Wildman–Crippen MR) is 78.9 cm³/mol. The Hall–Kier alpha value is -1.42. The number of hydrogen-bond acceptors (Lipinski definition) is 3. The zero-order valence-electron chi connectivity index (χ0n) is 12.9. The first-order chi connectivity index (χ1) is 8.95. The van der Waals surface area contributed by atoms with Gasteiger partial charge >= 0.3 is 0 Å². The van der Waals surface area contributed by atoms with Gasteiger partial charge in [0.1, 0.15) is 5.82 Å². The van der Waals surface area contributed by atoms with Crippen molar-refractivity contribution in [1.82, 2.24) is 9.99 Å². The molecule has 1 aromatic heterocycles. The molecule has 4 nitrogen and oxygen atoms in total. The van der Waals surface area contributed by atoms with Crippen LogP contribution in [0.2, 0.25) is 0 Å². The van der Waals surface area contributed by atoms with Crippen LogP contribution in [0.4, 0.5) is 5.82 Å². The standard InChI is InChI=1S/C13H19N3O.C2H6/c1-5-15-13(3,4)8-12(17)16(15)11-7-6-10(2)9-14-11;1-2/h6-7,9H,5,8H2,1-4H3;1-2H3. The molecule has 0 bridgehead atoms. The van der Waals surface area contributed by atoms with Crippen LogP contribution in [0.3, 0.4) is 0 Å². The van der Waals surface area contributed by atoms with E-state index in [0.717, 1.165) is 12.1 Å². The number of nitrogens with zero attached hydrogens (tertiary/aromatic N) is 3. The van der Waals surface area contributed by atoms with Crippen molar-refractivity contribution in [3.63, 3.8) is 0 Å². The molecule has 4 heteroatoms. The molecule has 0 saturated carbocycles. The van der Waals surface area contributed by atoms with Crippen LogP contribution >= 0.6 is 0 Å². The topological polar surface area (TPSA) is 36.4 Å². The van der Waals surface area contributed by atoms with Gasteiger partial charge < -0.3 is 0 Å². The molecule has 0 N–H and O–H groups in total. The molecule has 2 rings (SSSR count). The second-order valence-electron chi connectivity index (χ2n) is 5.10. The highest BCUT2D eigenvalue weighted by Crippen LogP contribution is 2.32. The third-order valence-electron chi connectivity index (χ3n) is 3.17. The van der Waals surface area contributed by atoms with Crippen LogP contribution in [-0.4, -0.2) is 28.0 Å². The molecule has 1 aliphatic rings. The van der Waals surface area contributed by atoms with Gasteiger partial charge in [0, 0.05) is 24.7 Å². The van der Waals surface area contributed by atoms with Crippen molar-refractivity contribution in [2.75, 3.05) is 11.6 Å². The molecule has 1 aromatic rings. The molecule has 0 aliphatic carbocycles. The normalized spacial score (nSPS) is 18.2. The van der Waals surface area contributed by atoms with Crippen molar-refractivity contribution >= 4 is 11.7 Å². The molecule has 0 aromatic carbocycles. The summed E-state index contributed by atoms with van der Waals surface area (Å²) in [6.45, 7) is 13.0. The van der Waals surface area contributed by atoms with Gasteiger partial charge in [0.2, 0.25) is 5.91 Å². The maximum Gasteiger partial charge on any atom is 0.244 e. The second-order valence-corrected chi connectivity index (χ2v) is 5.10. The van der Waals surface area contributed by atoms with Gasteiger partial charge in [-0.1, -0.05) is 26.8 Å². The number of carbonyl (C=O) groups is 1. The van der Waals surface area contributed by atoms with Crippen LogP contribution in [0.5, 0.6) is 0 Å². The number of aryl methyl sites for hydroxylation is 1. The van der Waals surface area contributed by atoms with Crippen LogP contribution in [0.15, 0.2) is 18.3 Å². The molecule has 1 amide bonds. The Balaban J connectivity index is 0.000000861. The number of pyridine rings is 1. The third kappa shape index (κ3) is 3.13. The van der Waals surface area contributed by atoms with Crippen molar-refractivity contribution in [1.29, 1.82) is 0 Å². The summed E-state index contributed by atoms with van der Waals surface area (Å²) in [6, 6.07) is 3.88. The highest BCUT2D eigenvalue weighted by Gasteiger charge is 2.43. The fourth-order valence-electron chi connectivity index (χ4n) is 2.35. The van der Waals surface area contributed by atoms with Crippen LogP contribution in [0.1, 0.15) is 46.6 Å². The van der Waals surface area contributed by atoms with E-state index >= 15 is 0 Å². The lowest BCUT2D eigenvalue weighted by molar-refractivity contribution is -0.118. The summed E-state index contributed by atoms with van der Waals surface area (Å²) in [7, 11) is 0.